The summed E-state index contributed by atoms with van der Waals surface area (Å²) in [6.07, 6.45) is 3.53. The number of para-hydroxylation sites is 2. The molecule has 2 heterocycles. The molecule has 0 aliphatic carbocycles. The lowest BCUT2D eigenvalue weighted by atomic mass is 9.93. The van der Waals surface area contributed by atoms with E-state index in [9.17, 15) is 4.79 Å². The van der Waals surface area contributed by atoms with Crippen LogP contribution in [0.4, 0.5) is 4.79 Å². The Kier molecular flexibility index (Phi) is 6.02. The second kappa shape index (κ2) is 8.43. The summed E-state index contributed by atoms with van der Waals surface area (Å²) in [4.78, 5) is 15.6. The molecule has 1 aromatic rings. The number of amides is 2. The topological polar surface area (TPSA) is 54.0 Å². The van der Waals surface area contributed by atoms with Gasteiger partial charge in [-0.15, -0.1) is 0 Å². The summed E-state index contributed by atoms with van der Waals surface area (Å²) in [5, 5.41) is 2.95. The average molecular weight is 347 g/mol. The normalized spacial score (nSPS) is 21.0. The van der Waals surface area contributed by atoms with E-state index in [1.165, 1.54) is 12.8 Å². The fourth-order valence-electron chi connectivity index (χ4n) is 3.44. The van der Waals surface area contributed by atoms with Crippen LogP contribution in [0.5, 0.6) is 11.5 Å². The van der Waals surface area contributed by atoms with Gasteiger partial charge in [0, 0.05) is 27.2 Å². The second-order valence-corrected chi connectivity index (χ2v) is 7.16. The summed E-state index contributed by atoms with van der Waals surface area (Å²) in [5.41, 5.74) is 0. The van der Waals surface area contributed by atoms with Gasteiger partial charge in [-0.3, -0.25) is 4.90 Å². The predicted octanol–water partition coefficient (Wildman–Crippen LogP) is 2.20. The minimum Gasteiger partial charge on any atom is -0.486 e. The van der Waals surface area contributed by atoms with Crippen molar-refractivity contribution in [3.8, 4) is 11.5 Å². The molecule has 2 amide bonds. The first kappa shape index (κ1) is 17.9. The number of urea groups is 1. The highest BCUT2D eigenvalue weighted by Gasteiger charge is 2.26. The van der Waals surface area contributed by atoms with Crippen LogP contribution in [-0.2, 0) is 0 Å². The zero-order valence-electron chi connectivity index (χ0n) is 15.2. The van der Waals surface area contributed by atoms with Crippen LogP contribution < -0.4 is 14.8 Å². The maximum Gasteiger partial charge on any atom is 0.316 e. The highest BCUT2D eigenvalue weighted by molar-refractivity contribution is 5.73. The molecule has 3 rings (SSSR count). The Hall–Kier alpha value is -1.95. The van der Waals surface area contributed by atoms with Crippen molar-refractivity contribution < 1.29 is 14.3 Å². The molecule has 0 aromatic heterocycles. The van der Waals surface area contributed by atoms with E-state index in [0.717, 1.165) is 44.1 Å². The quantitative estimate of drug-likeness (QED) is 0.887. The molecule has 0 spiro atoms. The van der Waals surface area contributed by atoms with Crippen molar-refractivity contribution in [1.82, 2.24) is 15.1 Å². The van der Waals surface area contributed by atoms with Gasteiger partial charge in [-0.2, -0.15) is 0 Å². The summed E-state index contributed by atoms with van der Waals surface area (Å²) in [5.74, 6) is 2.39. The summed E-state index contributed by atoms with van der Waals surface area (Å²) >= 11 is 0. The molecular weight excluding hydrogens is 318 g/mol. The lowest BCUT2D eigenvalue weighted by molar-refractivity contribution is 0.0473. The number of hydrogen-bond donors (Lipinski definition) is 1. The Bertz CT molecular complexity index is 571. The molecule has 1 atom stereocenters. The Morgan fingerprint density at radius 1 is 1.24 bits per heavy atom. The Labute approximate surface area is 150 Å². The second-order valence-electron chi connectivity index (χ2n) is 7.16. The highest BCUT2D eigenvalue weighted by atomic mass is 16.6. The molecule has 1 N–H and O–H groups in total. The molecule has 6 heteroatoms. The van der Waals surface area contributed by atoms with Crippen molar-refractivity contribution >= 4 is 6.03 Å². The lowest BCUT2D eigenvalue weighted by Gasteiger charge is -2.35. The number of piperidine rings is 1. The molecule has 1 fully saturated rings. The van der Waals surface area contributed by atoms with Crippen LogP contribution in [0.25, 0.3) is 0 Å². The van der Waals surface area contributed by atoms with E-state index in [2.05, 4.69) is 10.2 Å². The first-order chi connectivity index (χ1) is 12.1. The fraction of sp³-hybridized carbons (Fsp3) is 0.632. The minimum atomic E-state index is -0.00726. The molecule has 2 aliphatic heterocycles. The zero-order valence-corrected chi connectivity index (χ0v) is 15.2. The van der Waals surface area contributed by atoms with Crippen LogP contribution >= 0.6 is 0 Å². The monoisotopic (exact) mass is 347 g/mol. The van der Waals surface area contributed by atoms with Crippen molar-refractivity contribution in [3.05, 3.63) is 24.3 Å². The van der Waals surface area contributed by atoms with E-state index >= 15 is 0 Å². The molecule has 6 nitrogen and oxygen atoms in total. The number of nitrogens with one attached hydrogen (secondary N) is 1. The maximum absolute atomic E-state index is 11.5. The highest BCUT2D eigenvalue weighted by Crippen LogP contribution is 2.31. The molecule has 0 bridgehead atoms. The Balaban J connectivity index is 1.35. The molecule has 138 valence electrons. The van der Waals surface area contributed by atoms with Gasteiger partial charge in [0.25, 0.3) is 0 Å². The lowest BCUT2D eigenvalue weighted by Crippen LogP contribution is -2.44. The van der Waals surface area contributed by atoms with Gasteiger partial charge in [-0.1, -0.05) is 12.1 Å². The van der Waals surface area contributed by atoms with Gasteiger partial charge in [0.15, 0.2) is 11.5 Å². The van der Waals surface area contributed by atoms with Gasteiger partial charge in [-0.05, 0) is 50.4 Å². The van der Waals surface area contributed by atoms with Crippen molar-refractivity contribution in [2.24, 2.45) is 5.92 Å². The van der Waals surface area contributed by atoms with Gasteiger partial charge < -0.3 is 19.7 Å². The van der Waals surface area contributed by atoms with Gasteiger partial charge in [0.1, 0.15) is 12.7 Å². The van der Waals surface area contributed by atoms with Crippen LogP contribution in [0, 0.1) is 5.92 Å². The smallest absolute Gasteiger partial charge is 0.316 e. The average Bonchev–Trinajstić information content (AvgIpc) is 2.63. The third-order valence-electron chi connectivity index (χ3n) is 4.97. The predicted molar refractivity (Wildman–Crippen MR) is 97.2 cm³/mol. The number of hydrogen-bond acceptors (Lipinski definition) is 4. The third kappa shape index (κ3) is 5.01. The van der Waals surface area contributed by atoms with Crippen LogP contribution in [0.3, 0.4) is 0 Å². The van der Waals surface area contributed by atoms with Gasteiger partial charge in [-0.25, -0.2) is 4.79 Å². The fourth-order valence-corrected chi connectivity index (χ4v) is 3.44. The van der Waals surface area contributed by atoms with Crippen molar-refractivity contribution in [2.75, 3.05) is 46.9 Å². The number of likely N-dealkylation sites (tertiary alicyclic amines) is 1. The number of carbonyl (C=O) groups excluding carboxylic acids is 1. The van der Waals surface area contributed by atoms with E-state index in [4.69, 9.17) is 9.47 Å². The molecule has 1 unspecified atom stereocenters. The Morgan fingerprint density at radius 2 is 1.96 bits per heavy atom. The minimum absolute atomic E-state index is 0.00726. The maximum atomic E-state index is 11.5. The molecule has 25 heavy (non-hydrogen) atoms. The number of carbonyl (C=O) groups is 1. The van der Waals surface area contributed by atoms with E-state index in [-0.39, 0.29) is 12.1 Å². The van der Waals surface area contributed by atoms with Crippen LogP contribution in [0.2, 0.25) is 0 Å². The largest absolute Gasteiger partial charge is 0.486 e. The number of benzene rings is 1. The molecule has 2 aliphatic rings. The summed E-state index contributed by atoms with van der Waals surface area (Å²) in [7, 11) is 3.53. The standard InChI is InChI=1S/C19H29N3O3/c1-21(2)19(23)20-10-7-15-8-11-22(12-9-15)13-16-14-24-17-5-3-4-6-18(17)25-16/h3-6,15-16H,7-14H2,1-2H3,(H,20,23). The number of rotatable bonds is 5. The number of ether oxygens (including phenoxy) is 2. The molecular formula is C19H29N3O3. The first-order valence-electron chi connectivity index (χ1n) is 9.18. The SMILES string of the molecule is CN(C)C(=O)NCCC1CCN(CC2COc3ccccc3O2)CC1. The van der Waals surface area contributed by atoms with Gasteiger partial charge in [0.05, 0.1) is 0 Å². The van der Waals surface area contributed by atoms with Gasteiger partial charge >= 0.3 is 6.03 Å². The first-order valence-corrected chi connectivity index (χ1v) is 9.18. The van der Waals surface area contributed by atoms with E-state index in [0.29, 0.717) is 12.5 Å². The molecule has 1 saturated heterocycles. The van der Waals surface area contributed by atoms with Crippen molar-refractivity contribution in [1.29, 1.82) is 0 Å². The van der Waals surface area contributed by atoms with E-state index < -0.39 is 0 Å². The van der Waals surface area contributed by atoms with Crippen LogP contribution in [0.1, 0.15) is 19.3 Å². The Morgan fingerprint density at radius 3 is 2.68 bits per heavy atom. The van der Waals surface area contributed by atoms with E-state index in [1.807, 2.05) is 24.3 Å². The van der Waals surface area contributed by atoms with Gasteiger partial charge in [0.2, 0.25) is 0 Å². The molecule has 1 aromatic carbocycles. The zero-order chi connectivity index (χ0) is 17.6. The van der Waals surface area contributed by atoms with Crippen molar-refractivity contribution in [2.45, 2.75) is 25.4 Å². The number of nitrogens with zero attached hydrogens (tertiary/aromatic N) is 2. The van der Waals surface area contributed by atoms with Crippen molar-refractivity contribution in [3.63, 3.8) is 0 Å². The summed E-state index contributed by atoms with van der Waals surface area (Å²) in [6, 6.07) is 7.86. The molecule has 0 saturated carbocycles. The van der Waals surface area contributed by atoms with Crippen LogP contribution in [-0.4, -0.2) is 68.8 Å². The summed E-state index contributed by atoms with van der Waals surface area (Å²) < 4.78 is 11.9. The summed E-state index contributed by atoms with van der Waals surface area (Å²) in [6.45, 7) is 4.48. The third-order valence-corrected chi connectivity index (χ3v) is 4.97. The van der Waals surface area contributed by atoms with Crippen LogP contribution in [0.15, 0.2) is 24.3 Å². The molecule has 0 radical (unpaired) electrons. The van der Waals surface area contributed by atoms with E-state index in [1.54, 1.807) is 19.0 Å². The number of fused-ring (bicyclic) bond motifs is 1.